The van der Waals surface area contributed by atoms with Crippen LogP contribution in [0.25, 0.3) is 11.5 Å². The fourth-order valence-corrected chi connectivity index (χ4v) is 5.09. The topological polar surface area (TPSA) is 101 Å². The van der Waals surface area contributed by atoms with Crippen LogP contribution in [0.3, 0.4) is 0 Å². The van der Waals surface area contributed by atoms with Gasteiger partial charge in [-0.3, -0.25) is 4.99 Å². The molecular formula is C25H27N5O3S. The molecule has 4 heterocycles. The summed E-state index contributed by atoms with van der Waals surface area (Å²) in [5, 5.41) is 3.28. The molecule has 9 heteroatoms. The summed E-state index contributed by atoms with van der Waals surface area (Å²) in [6, 6.07) is 10.1. The van der Waals surface area contributed by atoms with Crippen molar-refractivity contribution in [1.82, 2.24) is 14.3 Å². The van der Waals surface area contributed by atoms with Crippen molar-refractivity contribution in [2.75, 3.05) is 18.1 Å². The summed E-state index contributed by atoms with van der Waals surface area (Å²) in [6.45, 7) is 2.68. The second kappa shape index (κ2) is 9.15. The molecule has 1 unspecified atom stereocenters. The molecule has 0 saturated heterocycles. The molecule has 1 atom stereocenters. The van der Waals surface area contributed by atoms with Gasteiger partial charge in [-0.1, -0.05) is 18.2 Å². The largest absolute Gasteiger partial charge is 0.459 e. The molecule has 0 saturated carbocycles. The van der Waals surface area contributed by atoms with E-state index in [0.29, 0.717) is 42.8 Å². The number of aryl methyl sites for hydroxylation is 1. The molecule has 1 aromatic carbocycles. The number of allylic oxidation sites excluding steroid dienone is 1. The van der Waals surface area contributed by atoms with Gasteiger partial charge in [-0.05, 0) is 49.1 Å². The van der Waals surface area contributed by atoms with Crippen LogP contribution in [-0.4, -0.2) is 41.7 Å². The zero-order valence-corrected chi connectivity index (χ0v) is 20.0. The first kappa shape index (κ1) is 22.5. The van der Waals surface area contributed by atoms with Gasteiger partial charge in [0.1, 0.15) is 11.5 Å². The minimum atomic E-state index is -3.24. The molecule has 176 valence electrons. The number of aromatic nitrogens is 2. The fraction of sp³-hybridized carbons (Fsp3) is 0.320. The number of aliphatic imine (C=N–C) groups is 1. The lowest BCUT2D eigenvalue weighted by Crippen LogP contribution is -2.34. The molecule has 2 aromatic heterocycles. The van der Waals surface area contributed by atoms with Crippen LogP contribution in [0.4, 0.5) is 11.6 Å². The standard InChI is InChI=1S/C25H27N5O3S/c1-17-14-27-25(28-21-8-6-18(7-9-21)19-5-3-4-11-26-15-19)29-24(17)23-13-20-16-30(34(2,31)32)12-10-22(20)33-23/h4,6-9,11,13-15,19H,3,5,10,12,16H2,1-2H3,(H,27,28,29). The minimum absolute atomic E-state index is 0.315. The predicted molar refractivity (Wildman–Crippen MR) is 133 cm³/mol. The average Bonchev–Trinajstić information content (AvgIpc) is 3.05. The summed E-state index contributed by atoms with van der Waals surface area (Å²) in [4.78, 5) is 13.4. The second-order valence-electron chi connectivity index (χ2n) is 8.74. The monoisotopic (exact) mass is 477 g/mol. The third-order valence-electron chi connectivity index (χ3n) is 6.20. The maximum Gasteiger partial charge on any atom is 0.227 e. The number of nitrogens with one attached hydrogen (secondary N) is 1. The van der Waals surface area contributed by atoms with E-state index in [1.807, 2.05) is 37.5 Å². The van der Waals surface area contributed by atoms with Gasteiger partial charge in [0.15, 0.2) is 5.76 Å². The van der Waals surface area contributed by atoms with Gasteiger partial charge in [-0.2, -0.15) is 4.31 Å². The lowest BCUT2D eigenvalue weighted by molar-refractivity contribution is 0.366. The third kappa shape index (κ3) is 4.80. The van der Waals surface area contributed by atoms with Gasteiger partial charge in [0, 0.05) is 55.3 Å². The van der Waals surface area contributed by atoms with Crippen molar-refractivity contribution in [3.05, 3.63) is 71.3 Å². The SMILES string of the molecule is Cc1cnc(Nc2ccc(C3C=NC=CCC3)cc2)nc1-c1cc2c(o1)CCN(S(C)(=O)=O)C2. The Labute approximate surface area is 199 Å². The highest BCUT2D eigenvalue weighted by Crippen LogP contribution is 2.31. The second-order valence-corrected chi connectivity index (χ2v) is 10.7. The van der Waals surface area contributed by atoms with E-state index < -0.39 is 10.0 Å². The third-order valence-corrected chi connectivity index (χ3v) is 7.45. The van der Waals surface area contributed by atoms with Crippen LogP contribution in [0, 0.1) is 6.92 Å². The summed E-state index contributed by atoms with van der Waals surface area (Å²) in [5.41, 5.74) is 4.58. The van der Waals surface area contributed by atoms with Crippen LogP contribution < -0.4 is 5.32 Å². The van der Waals surface area contributed by atoms with Crippen LogP contribution >= 0.6 is 0 Å². The Morgan fingerprint density at radius 1 is 1.21 bits per heavy atom. The predicted octanol–water partition coefficient (Wildman–Crippen LogP) is 4.57. The zero-order chi connectivity index (χ0) is 23.7. The zero-order valence-electron chi connectivity index (χ0n) is 19.2. The van der Waals surface area contributed by atoms with Crippen molar-refractivity contribution in [2.45, 2.75) is 38.6 Å². The van der Waals surface area contributed by atoms with E-state index in [-0.39, 0.29) is 0 Å². The number of hydrogen-bond donors (Lipinski definition) is 1. The van der Waals surface area contributed by atoms with Gasteiger partial charge in [0.25, 0.3) is 0 Å². The number of sulfonamides is 1. The Morgan fingerprint density at radius 2 is 2.03 bits per heavy atom. The number of furan rings is 1. The van der Waals surface area contributed by atoms with Crippen LogP contribution in [0.2, 0.25) is 0 Å². The molecule has 34 heavy (non-hydrogen) atoms. The molecule has 5 rings (SSSR count). The van der Waals surface area contributed by atoms with Crippen molar-refractivity contribution in [2.24, 2.45) is 4.99 Å². The molecule has 1 N–H and O–H groups in total. The molecule has 2 aliphatic rings. The summed E-state index contributed by atoms with van der Waals surface area (Å²) in [6.07, 6.45) is 11.6. The first-order valence-electron chi connectivity index (χ1n) is 11.3. The number of fused-ring (bicyclic) bond motifs is 1. The van der Waals surface area contributed by atoms with E-state index in [4.69, 9.17) is 9.40 Å². The van der Waals surface area contributed by atoms with Crippen LogP contribution in [0.15, 0.2) is 58.2 Å². The van der Waals surface area contributed by atoms with E-state index in [9.17, 15) is 8.42 Å². The lowest BCUT2D eigenvalue weighted by atomic mass is 9.95. The first-order valence-corrected chi connectivity index (χ1v) is 13.2. The molecule has 0 bridgehead atoms. The number of anilines is 2. The van der Waals surface area contributed by atoms with E-state index in [1.54, 1.807) is 6.20 Å². The smallest absolute Gasteiger partial charge is 0.227 e. The molecule has 3 aromatic rings. The van der Waals surface area contributed by atoms with Crippen LogP contribution in [0.5, 0.6) is 0 Å². The molecule has 0 spiro atoms. The summed E-state index contributed by atoms with van der Waals surface area (Å²) >= 11 is 0. The van der Waals surface area contributed by atoms with Gasteiger partial charge < -0.3 is 9.73 Å². The fourth-order valence-electron chi connectivity index (χ4n) is 4.29. The van der Waals surface area contributed by atoms with Crippen molar-refractivity contribution in [3.8, 4) is 11.5 Å². The van der Waals surface area contributed by atoms with Crippen molar-refractivity contribution in [3.63, 3.8) is 0 Å². The summed E-state index contributed by atoms with van der Waals surface area (Å²) in [7, 11) is -3.24. The lowest BCUT2D eigenvalue weighted by Gasteiger charge is -2.23. The minimum Gasteiger partial charge on any atom is -0.459 e. The molecule has 8 nitrogen and oxygen atoms in total. The van der Waals surface area contributed by atoms with Crippen molar-refractivity contribution < 1.29 is 12.8 Å². The van der Waals surface area contributed by atoms with E-state index in [2.05, 4.69) is 33.5 Å². The van der Waals surface area contributed by atoms with Gasteiger partial charge in [0.2, 0.25) is 16.0 Å². The van der Waals surface area contributed by atoms with Gasteiger partial charge in [0.05, 0.1) is 6.26 Å². The Bertz CT molecular complexity index is 1360. The molecule has 0 fully saturated rings. The normalized spacial score (nSPS) is 18.5. The maximum atomic E-state index is 11.9. The van der Waals surface area contributed by atoms with Crippen LogP contribution in [0.1, 0.15) is 41.2 Å². The van der Waals surface area contributed by atoms with Gasteiger partial charge in [-0.15, -0.1) is 0 Å². The van der Waals surface area contributed by atoms with Crippen molar-refractivity contribution >= 4 is 27.9 Å². The Kier molecular flexibility index (Phi) is 6.05. The highest BCUT2D eigenvalue weighted by atomic mass is 32.2. The molecular weight excluding hydrogens is 450 g/mol. The highest BCUT2D eigenvalue weighted by Gasteiger charge is 2.27. The van der Waals surface area contributed by atoms with E-state index >= 15 is 0 Å². The van der Waals surface area contributed by atoms with Gasteiger partial charge >= 0.3 is 0 Å². The Hall–Kier alpha value is -3.30. The average molecular weight is 478 g/mol. The van der Waals surface area contributed by atoms with Crippen LogP contribution in [-0.2, 0) is 23.0 Å². The number of benzene rings is 1. The van der Waals surface area contributed by atoms with E-state index in [1.165, 1.54) is 16.1 Å². The van der Waals surface area contributed by atoms with E-state index in [0.717, 1.165) is 35.4 Å². The highest BCUT2D eigenvalue weighted by molar-refractivity contribution is 7.88. The molecule has 0 amide bonds. The van der Waals surface area contributed by atoms with Crippen molar-refractivity contribution in [1.29, 1.82) is 0 Å². The number of nitrogens with zero attached hydrogens (tertiary/aromatic N) is 4. The number of rotatable bonds is 5. The Balaban J connectivity index is 1.34. The summed E-state index contributed by atoms with van der Waals surface area (Å²) in [5.74, 6) is 2.23. The summed E-state index contributed by atoms with van der Waals surface area (Å²) < 4.78 is 31.4. The van der Waals surface area contributed by atoms with Gasteiger partial charge in [-0.25, -0.2) is 18.4 Å². The number of hydrogen-bond acceptors (Lipinski definition) is 7. The first-order chi connectivity index (χ1) is 16.4. The molecule has 0 aliphatic carbocycles. The Morgan fingerprint density at radius 3 is 2.82 bits per heavy atom. The molecule has 0 radical (unpaired) electrons. The molecule has 2 aliphatic heterocycles. The quantitative estimate of drug-likeness (QED) is 0.578. The maximum absolute atomic E-state index is 11.9.